The number of nitrogens with one attached hydrogen (secondary N) is 1. The van der Waals surface area contributed by atoms with Crippen LogP contribution in [-0.4, -0.2) is 23.9 Å². The standard InChI is InChI=1S/C15H25NO2/c1-5-9-16-12(2)13-7-6-8-14(10-13)18-11-15(3,4)17/h6-8,10,12,16-17H,5,9,11H2,1-4H3. The van der Waals surface area contributed by atoms with Crippen LogP contribution in [0.2, 0.25) is 0 Å². The third-order valence-corrected chi connectivity index (χ3v) is 2.65. The van der Waals surface area contributed by atoms with E-state index in [-0.39, 0.29) is 0 Å². The fraction of sp³-hybridized carbons (Fsp3) is 0.600. The van der Waals surface area contributed by atoms with Gasteiger partial charge in [0.25, 0.3) is 0 Å². The molecule has 102 valence electrons. The summed E-state index contributed by atoms with van der Waals surface area (Å²) < 4.78 is 5.59. The van der Waals surface area contributed by atoms with Gasteiger partial charge in [-0.25, -0.2) is 0 Å². The van der Waals surface area contributed by atoms with Crippen LogP contribution in [0.3, 0.4) is 0 Å². The van der Waals surface area contributed by atoms with E-state index in [4.69, 9.17) is 4.74 Å². The molecule has 3 heteroatoms. The molecule has 0 aliphatic carbocycles. The smallest absolute Gasteiger partial charge is 0.119 e. The number of rotatable bonds is 7. The molecule has 0 saturated heterocycles. The van der Waals surface area contributed by atoms with Gasteiger partial charge in [-0.1, -0.05) is 19.1 Å². The van der Waals surface area contributed by atoms with Crippen molar-refractivity contribution in [1.29, 1.82) is 0 Å². The highest BCUT2D eigenvalue weighted by Gasteiger charge is 2.13. The topological polar surface area (TPSA) is 41.5 Å². The average Bonchev–Trinajstić information content (AvgIpc) is 2.33. The Labute approximate surface area is 110 Å². The van der Waals surface area contributed by atoms with Gasteiger partial charge in [0.2, 0.25) is 0 Å². The normalized spacial score (nSPS) is 13.4. The van der Waals surface area contributed by atoms with Gasteiger partial charge in [0.15, 0.2) is 0 Å². The van der Waals surface area contributed by atoms with Gasteiger partial charge in [0, 0.05) is 6.04 Å². The largest absolute Gasteiger partial charge is 0.491 e. The molecular formula is C15H25NO2. The van der Waals surface area contributed by atoms with Crippen LogP contribution in [0.5, 0.6) is 5.75 Å². The van der Waals surface area contributed by atoms with E-state index in [1.807, 2.05) is 18.2 Å². The molecule has 1 rings (SSSR count). The van der Waals surface area contributed by atoms with Crippen molar-refractivity contribution in [2.45, 2.75) is 45.8 Å². The van der Waals surface area contributed by atoms with Crippen molar-refractivity contribution in [1.82, 2.24) is 5.32 Å². The van der Waals surface area contributed by atoms with Crippen LogP contribution in [0.15, 0.2) is 24.3 Å². The summed E-state index contributed by atoms with van der Waals surface area (Å²) in [5, 5.41) is 13.1. The summed E-state index contributed by atoms with van der Waals surface area (Å²) in [6.07, 6.45) is 1.12. The minimum Gasteiger partial charge on any atom is -0.491 e. The lowest BCUT2D eigenvalue weighted by atomic mass is 10.1. The monoisotopic (exact) mass is 251 g/mol. The molecule has 0 spiro atoms. The van der Waals surface area contributed by atoms with Crippen LogP contribution in [0.4, 0.5) is 0 Å². The molecular weight excluding hydrogens is 226 g/mol. The molecule has 1 atom stereocenters. The van der Waals surface area contributed by atoms with Crippen molar-refractivity contribution in [3.63, 3.8) is 0 Å². The minimum atomic E-state index is -0.803. The van der Waals surface area contributed by atoms with E-state index in [1.54, 1.807) is 13.8 Å². The zero-order chi connectivity index (χ0) is 13.6. The first-order valence-corrected chi connectivity index (χ1v) is 6.61. The molecule has 0 saturated carbocycles. The number of hydrogen-bond donors (Lipinski definition) is 2. The van der Waals surface area contributed by atoms with E-state index >= 15 is 0 Å². The summed E-state index contributed by atoms with van der Waals surface area (Å²) >= 11 is 0. The summed E-state index contributed by atoms with van der Waals surface area (Å²) in [4.78, 5) is 0. The van der Waals surface area contributed by atoms with Crippen molar-refractivity contribution in [2.24, 2.45) is 0 Å². The molecule has 0 aliphatic rings. The molecule has 2 N–H and O–H groups in total. The van der Waals surface area contributed by atoms with Gasteiger partial charge >= 0.3 is 0 Å². The van der Waals surface area contributed by atoms with Gasteiger partial charge in [-0.3, -0.25) is 0 Å². The van der Waals surface area contributed by atoms with Gasteiger partial charge < -0.3 is 15.2 Å². The fourth-order valence-electron chi connectivity index (χ4n) is 1.61. The maximum absolute atomic E-state index is 9.64. The van der Waals surface area contributed by atoms with Crippen molar-refractivity contribution >= 4 is 0 Å². The Balaban J connectivity index is 2.61. The maximum atomic E-state index is 9.64. The van der Waals surface area contributed by atoms with Crippen molar-refractivity contribution < 1.29 is 9.84 Å². The Morgan fingerprint density at radius 1 is 1.39 bits per heavy atom. The highest BCUT2D eigenvalue weighted by atomic mass is 16.5. The van der Waals surface area contributed by atoms with Gasteiger partial charge in [-0.15, -0.1) is 0 Å². The number of aliphatic hydroxyl groups is 1. The van der Waals surface area contributed by atoms with E-state index in [0.29, 0.717) is 12.6 Å². The maximum Gasteiger partial charge on any atom is 0.119 e. The highest BCUT2D eigenvalue weighted by Crippen LogP contribution is 2.20. The van der Waals surface area contributed by atoms with E-state index < -0.39 is 5.60 Å². The molecule has 18 heavy (non-hydrogen) atoms. The minimum absolute atomic E-state index is 0.299. The molecule has 3 nitrogen and oxygen atoms in total. The molecule has 0 aliphatic heterocycles. The second-order valence-corrected chi connectivity index (χ2v) is 5.35. The Bertz CT molecular complexity index is 358. The van der Waals surface area contributed by atoms with Crippen molar-refractivity contribution in [3.8, 4) is 5.75 Å². The second kappa shape index (κ2) is 6.76. The third-order valence-electron chi connectivity index (χ3n) is 2.65. The van der Waals surface area contributed by atoms with Gasteiger partial charge in [-0.2, -0.15) is 0 Å². The lowest BCUT2D eigenvalue weighted by Gasteiger charge is -2.19. The van der Waals surface area contributed by atoms with E-state index in [1.165, 1.54) is 5.56 Å². The molecule has 0 amide bonds. The Kier molecular flexibility index (Phi) is 5.63. The van der Waals surface area contributed by atoms with E-state index in [0.717, 1.165) is 18.7 Å². The first-order chi connectivity index (χ1) is 8.42. The van der Waals surface area contributed by atoms with Crippen LogP contribution >= 0.6 is 0 Å². The molecule has 0 bridgehead atoms. The highest BCUT2D eigenvalue weighted by molar-refractivity contribution is 5.30. The predicted octanol–water partition coefficient (Wildman–Crippen LogP) is 2.90. The summed E-state index contributed by atoms with van der Waals surface area (Å²) in [7, 11) is 0. The van der Waals surface area contributed by atoms with Gasteiger partial charge in [0.1, 0.15) is 12.4 Å². The Morgan fingerprint density at radius 3 is 2.72 bits per heavy atom. The summed E-state index contributed by atoms with van der Waals surface area (Å²) in [6, 6.07) is 8.33. The van der Waals surface area contributed by atoms with Gasteiger partial charge in [0.05, 0.1) is 5.60 Å². The fourth-order valence-corrected chi connectivity index (χ4v) is 1.61. The predicted molar refractivity (Wildman–Crippen MR) is 74.9 cm³/mol. The van der Waals surface area contributed by atoms with Crippen LogP contribution in [0.25, 0.3) is 0 Å². The van der Waals surface area contributed by atoms with Crippen molar-refractivity contribution in [3.05, 3.63) is 29.8 Å². The lowest BCUT2D eigenvalue weighted by Crippen LogP contribution is -2.28. The zero-order valence-corrected chi connectivity index (χ0v) is 11.9. The van der Waals surface area contributed by atoms with Crippen LogP contribution < -0.4 is 10.1 Å². The van der Waals surface area contributed by atoms with Crippen LogP contribution in [0.1, 0.15) is 45.7 Å². The first kappa shape index (κ1) is 15.0. The molecule has 0 radical (unpaired) electrons. The Morgan fingerprint density at radius 2 is 2.11 bits per heavy atom. The number of ether oxygens (including phenoxy) is 1. The molecule has 1 unspecified atom stereocenters. The molecule has 0 fully saturated rings. The van der Waals surface area contributed by atoms with Gasteiger partial charge in [-0.05, 0) is 51.4 Å². The zero-order valence-electron chi connectivity index (χ0n) is 11.9. The number of hydrogen-bond acceptors (Lipinski definition) is 3. The van der Waals surface area contributed by atoms with Crippen LogP contribution in [-0.2, 0) is 0 Å². The average molecular weight is 251 g/mol. The van der Waals surface area contributed by atoms with Crippen molar-refractivity contribution in [2.75, 3.05) is 13.2 Å². The second-order valence-electron chi connectivity index (χ2n) is 5.35. The summed E-state index contributed by atoms with van der Waals surface area (Å²) in [6.45, 7) is 9.08. The summed E-state index contributed by atoms with van der Waals surface area (Å²) in [5.74, 6) is 0.805. The van der Waals surface area contributed by atoms with Crippen LogP contribution in [0, 0.1) is 0 Å². The molecule has 1 aromatic rings. The quantitative estimate of drug-likeness (QED) is 0.783. The third kappa shape index (κ3) is 5.52. The SMILES string of the molecule is CCCNC(C)c1cccc(OCC(C)(C)O)c1. The first-order valence-electron chi connectivity index (χ1n) is 6.61. The number of benzene rings is 1. The Hall–Kier alpha value is -1.06. The van der Waals surface area contributed by atoms with E-state index in [2.05, 4.69) is 25.2 Å². The van der Waals surface area contributed by atoms with E-state index in [9.17, 15) is 5.11 Å². The molecule has 0 aromatic heterocycles. The molecule has 1 aromatic carbocycles. The summed E-state index contributed by atoms with van der Waals surface area (Å²) in [5.41, 5.74) is 0.402. The molecule has 0 heterocycles. The lowest BCUT2D eigenvalue weighted by molar-refractivity contribution is 0.0284.